The number of hydrogen-bond donors (Lipinski definition) is 2. The van der Waals surface area contributed by atoms with E-state index in [1.807, 2.05) is 0 Å². The van der Waals surface area contributed by atoms with E-state index in [0.29, 0.717) is 5.92 Å². The van der Waals surface area contributed by atoms with Crippen molar-refractivity contribution in [2.75, 3.05) is 0 Å². The Morgan fingerprint density at radius 3 is 2.62 bits per heavy atom. The van der Waals surface area contributed by atoms with Gasteiger partial charge in [-0.25, -0.2) is 10.2 Å². The molecule has 74 valence electrons. The Hall–Kier alpha value is -1.06. The van der Waals surface area contributed by atoms with Gasteiger partial charge in [-0.05, 0) is 24.7 Å². The third-order valence-corrected chi connectivity index (χ3v) is 2.52. The van der Waals surface area contributed by atoms with Crippen LogP contribution in [0.3, 0.4) is 0 Å². The quantitative estimate of drug-likeness (QED) is 0.494. The second-order valence-corrected chi connectivity index (χ2v) is 3.77. The third-order valence-electron chi connectivity index (χ3n) is 2.52. The van der Waals surface area contributed by atoms with Gasteiger partial charge in [0.25, 0.3) is 0 Å². The number of carbonyl (C=O) groups excluding carboxylic acids is 1. The van der Waals surface area contributed by atoms with Crippen LogP contribution in [0.4, 0.5) is 4.79 Å². The van der Waals surface area contributed by atoms with Crippen molar-refractivity contribution in [1.82, 2.24) is 5.43 Å². The van der Waals surface area contributed by atoms with Gasteiger partial charge in [0.1, 0.15) is 0 Å². The zero-order valence-corrected chi connectivity index (χ0v) is 7.99. The minimum absolute atomic E-state index is 0.517. The fourth-order valence-corrected chi connectivity index (χ4v) is 1.64. The van der Waals surface area contributed by atoms with Crippen molar-refractivity contribution in [2.24, 2.45) is 22.7 Å². The first-order valence-corrected chi connectivity index (χ1v) is 4.77. The Balaban J connectivity index is 2.22. The molecule has 0 atom stereocenters. The molecule has 1 aliphatic carbocycles. The summed E-state index contributed by atoms with van der Waals surface area (Å²) in [5, 5.41) is 3.77. The van der Waals surface area contributed by atoms with Gasteiger partial charge >= 0.3 is 6.03 Å². The van der Waals surface area contributed by atoms with Gasteiger partial charge in [0, 0.05) is 6.21 Å². The van der Waals surface area contributed by atoms with Crippen LogP contribution in [0.1, 0.15) is 32.6 Å². The standard InChI is InChI=1S/C9H17N3O/c1-7-2-4-8(5-3-7)6-11-12-9(10)13/h6-8H,2-5H2,1H3,(H3,10,12,13)/b11-6+. The van der Waals surface area contributed by atoms with Crippen LogP contribution in [0, 0.1) is 11.8 Å². The molecule has 0 radical (unpaired) electrons. The van der Waals surface area contributed by atoms with E-state index in [2.05, 4.69) is 17.5 Å². The number of urea groups is 1. The Morgan fingerprint density at radius 1 is 1.46 bits per heavy atom. The van der Waals surface area contributed by atoms with Crippen LogP contribution in [-0.4, -0.2) is 12.2 Å². The number of carbonyl (C=O) groups is 1. The first-order valence-electron chi connectivity index (χ1n) is 4.77. The smallest absolute Gasteiger partial charge is 0.332 e. The van der Waals surface area contributed by atoms with Crippen molar-refractivity contribution >= 4 is 12.2 Å². The van der Waals surface area contributed by atoms with Crippen LogP contribution in [0.15, 0.2) is 5.10 Å². The second kappa shape index (κ2) is 4.84. The number of nitrogens with two attached hydrogens (primary N) is 1. The number of nitrogens with zero attached hydrogens (tertiary/aromatic N) is 1. The highest BCUT2D eigenvalue weighted by atomic mass is 16.2. The molecule has 4 nitrogen and oxygen atoms in total. The molecule has 1 saturated carbocycles. The SMILES string of the molecule is CC1CCC(/C=N/NC(N)=O)CC1. The van der Waals surface area contributed by atoms with Crippen LogP contribution >= 0.6 is 0 Å². The van der Waals surface area contributed by atoms with E-state index < -0.39 is 6.03 Å². The predicted octanol–water partition coefficient (Wildman–Crippen LogP) is 1.47. The van der Waals surface area contributed by atoms with Crippen LogP contribution in [-0.2, 0) is 0 Å². The Labute approximate surface area is 78.6 Å². The number of hydrazone groups is 1. The van der Waals surface area contributed by atoms with E-state index in [4.69, 9.17) is 5.73 Å². The van der Waals surface area contributed by atoms with Gasteiger partial charge in [-0.3, -0.25) is 0 Å². The zero-order chi connectivity index (χ0) is 9.68. The van der Waals surface area contributed by atoms with Gasteiger partial charge in [-0.1, -0.05) is 19.8 Å². The summed E-state index contributed by atoms with van der Waals surface area (Å²) < 4.78 is 0. The molecular formula is C9H17N3O. The van der Waals surface area contributed by atoms with E-state index in [0.717, 1.165) is 5.92 Å². The molecule has 0 aromatic heterocycles. The fourth-order valence-electron chi connectivity index (χ4n) is 1.64. The van der Waals surface area contributed by atoms with Crippen LogP contribution in [0.25, 0.3) is 0 Å². The molecule has 0 saturated heterocycles. The number of primary amides is 1. The molecule has 0 bridgehead atoms. The summed E-state index contributed by atoms with van der Waals surface area (Å²) in [6.07, 6.45) is 6.66. The molecule has 4 heteroatoms. The van der Waals surface area contributed by atoms with Gasteiger partial charge < -0.3 is 5.73 Å². The maximum absolute atomic E-state index is 10.3. The highest BCUT2D eigenvalue weighted by Gasteiger charge is 2.16. The average Bonchev–Trinajstić information content (AvgIpc) is 2.08. The molecule has 1 rings (SSSR count). The Kier molecular flexibility index (Phi) is 3.73. The highest BCUT2D eigenvalue weighted by Crippen LogP contribution is 2.26. The molecular weight excluding hydrogens is 166 g/mol. The summed E-state index contributed by atoms with van der Waals surface area (Å²) in [5.41, 5.74) is 7.08. The summed E-state index contributed by atoms with van der Waals surface area (Å²) in [4.78, 5) is 10.3. The van der Waals surface area contributed by atoms with Crippen molar-refractivity contribution in [3.8, 4) is 0 Å². The monoisotopic (exact) mass is 183 g/mol. The molecule has 0 unspecified atom stereocenters. The molecule has 0 aromatic rings. The van der Waals surface area contributed by atoms with Crippen LogP contribution in [0.2, 0.25) is 0 Å². The van der Waals surface area contributed by atoms with E-state index in [9.17, 15) is 4.79 Å². The van der Waals surface area contributed by atoms with Crippen molar-refractivity contribution < 1.29 is 4.79 Å². The summed E-state index contributed by atoms with van der Waals surface area (Å²) in [7, 11) is 0. The summed E-state index contributed by atoms with van der Waals surface area (Å²) in [6, 6.07) is -0.597. The minimum atomic E-state index is -0.597. The van der Waals surface area contributed by atoms with Crippen LogP contribution in [0.5, 0.6) is 0 Å². The molecule has 1 aliphatic rings. The Bertz CT molecular complexity index is 195. The zero-order valence-electron chi connectivity index (χ0n) is 7.99. The molecule has 0 aromatic carbocycles. The van der Waals surface area contributed by atoms with Crippen molar-refractivity contribution in [2.45, 2.75) is 32.6 Å². The second-order valence-electron chi connectivity index (χ2n) is 3.77. The molecule has 1 fully saturated rings. The molecule has 0 heterocycles. The summed E-state index contributed by atoms with van der Waals surface area (Å²) in [5.74, 6) is 1.36. The number of nitrogens with one attached hydrogen (secondary N) is 1. The lowest BCUT2D eigenvalue weighted by Gasteiger charge is -2.22. The van der Waals surface area contributed by atoms with Crippen molar-refractivity contribution in [3.63, 3.8) is 0 Å². The largest absolute Gasteiger partial charge is 0.350 e. The molecule has 0 aliphatic heterocycles. The minimum Gasteiger partial charge on any atom is -0.350 e. The van der Waals surface area contributed by atoms with Crippen LogP contribution < -0.4 is 11.2 Å². The first-order chi connectivity index (χ1) is 6.18. The predicted molar refractivity (Wildman–Crippen MR) is 52.3 cm³/mol. The maximum atomic E-state index is 10.3. The molecule has 13 heavy (non-hydrogen) atoms. The summed E-state index contributed by atoms with van der Waals surface area (Å²) in [6.45, 7) is 2.27. The topological polar surface area (TPSA) is 67.5 Å². The van der Waals surface area contributed by atoms with Crippen molar-refractivity contribution in [3.05, 3.63) is 0 Å². The highest BCUT2D eigenvalue weighted by molar-refractivity contribution is 5.73. The number of hydrogen-bond acceptors (Lipinski definition) is 2. The van der Waals surface area contributed by atoms with Crippen molar-refractivity contribution in [1.29, 1.82) is 0 Å². The van der Waals surface area contributed by atoms with E-state index in [1.54, 1.807) is 6.21 Å². The lowest BCUT2D eigenvalue weighted by molar-refractivity contribution is 0.249. The maximum Gasteiger partial charge on any atom is 0.332 e. The van der Waals surface area contributed by atoms with E-state index in [-0.39, 0.29) is 0 Å². The van der Waals surface area contributed by atoms with Gasteiger partial charge in [0.05, 0.1) is 0 Å². The van der Waals surface area contributed by atoms with E-state index in [1.165, 1.54) is 25.7 Å². The Morgan fingerprint density at radius 2 is 2.08 bits per heavy atom. The lowest BCUT2D eigenvalue weighted by Crippen LogP contribution is -2.25. The molecule has 3 N–H and O–H groups in total. The number of amides is 2. The normalized spacial score (nSPS) is 29.0. The van der Waals surface area contributed by atoms with E-state index >= 15 is 0 Å². The fraction of sp³-hybridized carbons (Fsp3) is 0.778. The third kappa shape index (κ3) is 3.92. The number of rotatable bonds is 2. The molecule has 0 spiro atoms. The average molecular weight is 183 g/mol. The van der Waals surface area contributed by atoms with Gasteiger partial charge in [-0.2, -0.15) is 5.10 Å². The summed E-state index contributed by atoms with van der Waals surface area (Å²) >= 11 is 0. The first kappa shape index (κ1) is 10.0. The molecule has 2 amide bonds. The van der Waals surface area contributed by atoms with Gasteiger partial charge in [0.15, 0.2) is 0 Å². The lowest BCUT2D eigenvalue weighted by atomic mass is 9.84. The van der Waals surface area contributed by atoms with Gasteiger partial charge in [-0.15, -0.1) is 0 Å². The van der Waals surface area contributed by atoms with Gasteiger partial charge in [0.2, 0.25) is 0 Å².